The predicted molar refractivity (Wildman–Crippen MR) is 88.0 cm³/mol. The van der Waals surface area contributed by atoms with Crippen LogP contribution in [0.1, 0.15) is 34.6 Å². The molecular weight excluding hydrogens is 328 g/mol. The summed E-state index contributed by atoms with van der Waals surface area (Å²) in [7, 11) is 0. The van der Waals surface area contributed by atoms with Gasteiger partial charge in [0.15, 0.2) is 0 Å². The highest BCUT2D eigenvalue weighted by Crippen LogP contribution is 2.20. The SMILES string of the molecule is Cc1cc(C(=O)N(CCC2CCOC2)Cc2c(F)cccc2F)n[nH]1. The molecule has 0 saturated carbocycles. The molecule has 2 heterocycles. The Bertz CT molecular complexity index is 721. The van der Waals surface area contributed by atoms with E-state index >= 15 is 0 Å². The van der Waals surface area contributed by atoms with Gasteiger partial charge >= 0.3 is 0 Å². The van der Waals surface area contributed by atoms with Gasteiger partial charge in [-0.05, 0) is 43.9 Å². The number of ether oxygens (including phenoxy) is 1. The maximum Gasteiger partial charge on any atom is 0.274 e. The summed E-state index contributed by atoms with van der Waals surface area (Å²) in [6, 6.07) is 5.34. The van der Waals surface area contributed by atoms with Crippen LogP contribution in [0.3, 0.4) is 0 Å². The van der Waals surface area contributed by atoms with Crippen molar-refractivity contribution in [2.24, 2.45) is 5.92 Å². The highest BCUT2D eigenvalue weighted by Gasteiger charge is 2.24. The van der Waals surface area contributed by atoms with Crippen molar-refractivity contribution in [1.82, 2.24) is 15.1 Å². The summed E-state index contributed by atoms with van der Waals surface area (Å²) in [5, 5.41) is 6.70. The second-order valence-electron chi connectivity index (χ2n) is 6.38. The Kier molecular flexibility index (Phi) is 5.43. The van der Waals surface area contributed by atoms with E-state index in [1.165, 1.54) is 23.1 Å². The molecule has 0 bridgehead atoms. The number of rotatable bonds is 6. The normalized spacial score (nSPS) is 17.0. The van der Waals surface area contributed by atoms with Crippen LogP contribution in [0.5, 0.6) is 0 Å². The molecule has 0 radical (unpaired) electrons. The van der Waals surface area contributed by atoms with Crippen molar-refractivity contribution in [1.29, 1.82) is 0 Å². The van der Waals surface area contributed by atoms with Gasteiger partial charge in [0.05, 0.1) is 6.54 Å². The number of amides is 1. The maximum absolute atomic E-state index is 14.0. The first kappa shape index (κ1) is 17.5. The van der Waals surface area contributed by atoms with E-state index in [-0.39, 0.29) is 23.7 Å². The molecule has 134 valence electrons. The molecule has 0 spiro atoms. The largest absolute Gasteiger partial charge is 0.381 e. The number of hydrogen-bond donors (Lipinski definition) is 1. The van der Waals surface area contributed by atoms with Gasteiger partial charge in [-0.3, -0.25) is 9.89 Å². The summed E-state index contributed by atoms with van der Waals surface area (Å²) in [4.78, 5) is 14.2. The highest BCUT2D eigenvalue weighted by molar-refractivity contribution is 5.92. The average molecular weight is 349 g/mol. The van der Waals surface area contributed by atoms with Gasteiger partial charge in [0, 0.05) is 31.0 Å². The zero-order valence-electron chi connectivity index (χ0n) is 14.1. The summed E-state index contributed by atoms with van der Waals surface area (Å²) in [6.45, 7) is 3.45. The Morgan fingerprint density at radius 2 is 2.16 bits per heavy atom. The number of H-pyrrole nitrogens is 1. The van der Waals surface area contributed by atoms with E-state index in [1.54, 1.807) is 13.0 Å². The van der Waals surface area contributed by atoms with Crippen molar-refractivity contribution in [2.45, 2.75) is 26.3 Å². The molecule has 2 aromatic rings. The smallest absolute Gasteiger partial charge is 0.274 e. The van der Waals surface area contributed by atoms with Gasteiger partial charge in [0.1, 0.15) is 17.3 Å². The van der Waals surface area contributed by atoms with Crippen molar-refractivity contribution in [2.75, 3.05) is 19.8 Å². The molecule has 1 aromatic heterocycles. The molecule has 1 fully saturated rings. The number of nitrogens with one attached hydrogen (secondary N) is 1. The summed E-state index contributed by atoms with van der Waals surface area (Å²) >= 11 is 0. The van der Waals surface area contributed by atoms with Gasteiger partial charge in [-0.25, -0.2) is 8.78 Å². The van der Waals surface area contributed by atoms with Gasteiger partial charge < -0.3 is 9.64 Å². The van der Waals surface area contributed by atoms with Crippen molar-refractivity contribution < 1.29 is 18.3 Å². The van der Waals surface area contributed by atoms with Crippen LogP contribution in [0.25, 0.3) is 0 Å². The van der Waals surface area contributed by atoms with Crippen LogP contribution in [0.4, 0.5) is 8.78 Å². The maximum atomic E-state index is 14.0. The molecule has 1 aliphatic heterocycles. The number of carbonyl (C=O) groups excluding carboxylic acids is 1. The quantitative estimate of drug-likeness (QED) is 0.872. The van der Waals surface area contributed by atoms with E-state index in [0.717, 1.165) is 25.1 Å². The summed E-state index contributed by atoms with van der Waals surface area (Å²) < 4.78 is 33.4. The van der Waals surface area contributed by atoms with E-state index in [1.807, 2.05) is 0 Å². The zero-order valence-corrected chi connectivity index (χ0v) is 14.1. The minimum atomic E-state index is -0.653. The van der Waals surface area contributed by atoms with Gasteiger partial charge in [0.25, 0.3) is 5.91 Å². The molecule has 5 nitrogen and oxygen atoms in total. The third-order valence-electron chi connectivity index (χ3n) is 4.45. The van der Waals surface area contributed by atoms with Gasteiger partial charge in [-0.1, -0.05) is 6.07 Å². The van der Waals surface area contributed by atoms with Gasteiger partial charge in [0.2, 0.25) is 0 Å². The van der Waals surface area contributed by atoms with Gasteiger partial charge in [-0.2, -0.15) is 5.10 Å². The Hall–Kier alpha value is -2.28. The summed E-state index contributed by atoms with van der Waals surface area (Å²) in [5.41, 5.74) is 0.896. The average Bonchev–Trinajstić information content (AvgIpc) is 3.25. The predicted octanol–water partition coefficient (Wildman–Crippen LogP) is 3.07. The first-order chi connectivity index (χ1) is 12.0. The highest BCUT2D eigenvalue weighted by atomic mass is 19.1. The molecule has 1 aliphatic rings. The van der Waals surface area contributed by atoms with E-state index in [2.05, 4.69) is 10.2 Å². The minimum Gasteiger partial charge on any atom is -0.381 e. The Morgan fingerprint density at radius 1 is 1.40 bits per heavy atom. The summed E-state index contributed by atoms with van der Waals surface area (Å²) in [5.74, 6) is -1.28. The molecule has 1 amide bonds. The molecule has 1 saturated heterocycles. The second kappa shape index (κ2) is 7.74. The molecule has 1 atom stereocenters. The number of aryl methyl sites for hydroxylation is 1. The van der Waals surface area contributed by atoms with Crippen LogP contribution < -0.4 is 0 Å². The van der Waals surface area contributed by atoms with Crippen LogP contribution in [0.2, 0.25) is 0 Å². The molecule has 1 N–H and O–H groups in total. The number of nitrogens with zero attached hydrogens (tertiary/aromatic N) is 2. The fourth-order valence-electron chi connectivity index (χ4n) is 2.97. The lowest BCUT2D eigenvalue weighted by Crippen LogP contribution is -2.33. The summed E-state index contributed by atoms with van der Waals surface area (Å²) in [6.07, 6.45) is 1.67. The number of hydrogen-bond acceptors (Lipinski definition) is 3. The van der Waals surface area contributed by atoms with Crippen LogP contribution >= 0.6 is 0 Å². The van der Waals surface area contributed by atoms with Crippen molar-refractivity contribution >= 4 is 5.91 Å². The lowest BCUT2D eigenvalue weighted by atomic mass is 10.0. The Labute approximate surface area is 145 Å². The number of aromatic nitrogens is 2. The number of halogens is 2. The first-order valence-corrected chi connectivity index (χ1v) is 8.36. The molecule has 7 heteroatoms. The molecule has 1 unspecified atom stereocenters. The third-order valence-corrected chi connectivity index (χ3v) is 4.45. The van der Waals surface area contributed by atoms with Crippen LogP contribution in [-0.2, 0) is 11.3 Å². The second-order valence-corrected chi connectivity index (χ2v) is 6.38. The van der Waals surface area contributed by atoms with Gasteiger partial charge in [-0.15, -0.1) is 0 Å². The van der Waals surface area contributed by atoms with Crippen LogP contribution in [-0.4, -0.2) is 40.8 Å². The van der Waals surface area contributed by atoms with Crippen molar-refractivity contribution in [3.8, 4) is 0 Å². The Balaban J connectivity index is 1.78. The monoisotopic (exact) mass is 349 g/mol. The topological polar surface area (TPSA) is 58.2 Å². The molecular formula is C18H21F2N3O2. The van der Waals surface area contributed by atoms with Crippen LogP contribution in [0.15, 0.2) is 24.3 Å². The standard InChI is InChI=1S/C18H21F2N3O2/c1-12-9-17(22-21-12)18(24)23(7-5-13-6-8-25-11-13)10-14-15(19)3-2-4-16(14)20/h2-4,9,13H,5-8,10-11H2,1H3,(H,21,22). The number of carbonyl (C=O) groups is 1. The van der Waals surface area contributed by atoms with E-state index < -0.39 is 11.6 Å². The van der Waals surface area contributed by atoms with Crippen molar-refractivity contribution in [3.63, 3.8) is 0 Å². The van der Waals surface area contributed by atoms with E-state index in [4.69, 9.17) is 4.74 Å². The van der Waals surface area contributed by atoms with Crippen LogP contribution in [0, 0.1) is 24.5 Å². The minimum absolute atomic E-state index is 0.106. The van der Waals surface area contributed by atoms with E-state index in [9.17, 15) is 13.6 Å². The van der Waals surface area contributed by atoms with Crippen molar-refractivity contribution in [3.05, 3.63) is 52.9 Å². The molecule has 1 aromatic carbocycles. The molecule has 3 rings (SSSR count). The first-order valence-electron chi connectivity index (χ1n) is 8.36. The lowest BCUT2D eigenvalue weighted by molar-refractivity contribution is 0.0721. The molecule has 25 heavy (non-hydrogen) atoms. The fourth-order valence-corrected chi connectivity index (χ4v) is 2.97. The number of benzene rings is 1. The fraction of sp³-hybridized carbons (Fsp3) is 0.444. The third kappa shape index (κ3) is 4.22. The molecule has 0 aliphatic carbocycles. The lowest BCUT2D eigenvalue weighted by Gasteiger charge is -2.23. The Morgan fingerprint density at radius 3 is 2.76 bits per heavy atom. The number of aromatic amines is 1. The van der Waals surface area contributed by atoms with E-state index in [0.29, 0.717) is 19.1 Å². The zero-order chi connectivity index (χ0) is 17.8.